The molecule has 3 N–H and O–H groups in total. The van der Waals surface area contributed by atoms with Crippen LogP contribution in [0.25, 0.3) is 0 Å². The minimum absolute atomic E-state index is 0.0128. The van der Waals surface area contributed by atoms with Gasteiger partial charge in [-0.1, -0.05) is 6.42 Å². The zero-order chi connectivity index (χ0) is 9.31. The molecule has 0 spiro atoms. The summed E-state index contributed by atoms with van der Waals surface area (Å²) < 4.78 is 0. The van der Waals surface area contributed by atoms with Crippen molar-refractivity contribution in [3.63, 3.8) is 0 Å². The average molecular weight is 197 g/mol. The highest BCUT2D eigenvalue weighted by Crippen LogP contribution is 2.49. The Kier molecular flexibility index (Phi) is 2.41. The lowest BCUT2D eigenvalue weighted by Crippen LogP contribution is -2.42. The van der Waals surface area contributed by atoms with Crippen LogP contribution in [-0.2, 0) is 0 Å². The second-order valence-corrected chi connectivity index (χ2v) is 4.66. The smallest absolute Gasteiger partial charge is 0.0866 e. The molecule has 1 aliphatic carbocycles. The zero-order valence-corrected chi connectivity index (χ0v) is 8.39. The van der Waals surface area contributed by atoms with Gasteiger partial charge in [0.05, 0.1) is 6.10 Å². The molecular weight excluding hydrogens is 182 g/mol. The molecule has 1 fully saturated rings. The van der Waals surface area contributed by atoms with Crippen LogP contribution in [0.4, 0.5) is 0 Å². The number of rotatable bonds is 3. The summed E-state index contributed by atoms with van der Waals surface area (Å²) in [5.41, 5.74) is 6.74. The van der Waals surface area contributed by atoms with E-state index in [4.69, 9.17) is 5.73 Å². The van der Waals surface area contributed by atoms with E-state index in [1.807, 2.05) is 16.8 Å². The Bertz CT molecular complexity index is 261. The van der Waals surface area contributed by atoms with Gasteiger partial charge < -0.3 is 10.8 Å². The first-order valence-electron chi connectivity index (χ1n) is 4.69. The highest BCUT2D eigenvalue weighted by atomic mass is 32.1. The van der Waals surface area contributed by atoms with Gasteiger partial charge in [-0.15, -0.1) is 0 Å². The average Bonchev–Trinajstić information content (AvgIpc) is 2.54. The third-order valence-electron chi connectivity index (χ3n) is 3.19. The number of hydrogen-bond donors (Lipinski definition) is 2. The van der Waals surface area contributed by atoms with Gasteiger partial charge in [-0.25, -0.2) is 0 Å². The Balaban J connectivity index is 2.16. The van der Waals surface area contributed by atoms with E-state index in [9.17, 15) is 5.11 Å². The SMILES string of the molecule is NCC1(C(O)c2ccsc2)CCC1. The summed E-state index contributed by atoms with van der Waals surface area (Å²) in [6.45, 7) is 0.601. The van der Waals surface area contributed by atoms with E-state index >= 15 is 0 Å². The van der Waals surface area contributed by atoms with Gasteiger partial charge in [0.15, 0.2) is 0 Å². The summed E-state index contributed by atoms with van der Waals surface area (Å²) in [6, 6.07) is 1.99. The summed E-state index contributed by atoms with van der Waals surface area (Å²) in [6.07, 6.45) is 3.00. The van der Waals surface area contributed by atoms with Crippen molar-refractivity contribution >= 4 is 11.3 Å². The van der Waals surface area contributed by atoms with Crippen molar-refractivity contribution in [2.24, 2.45) is 11.1 Å². The third kappa shape index (κ3) is 1.41. The maximum absolute atomic E-state index is 10.1. The van der Waals surface area contributed by atoms with Crippen molar-refractivity contribution in [3.05, 3.63) is 22.4 Å². The van der Waals surface area contributed by atoms with E-state index in [-0.39, 0.29) is 11.5 Å². The molecule has 1 atom stereocenters. The fourth-order valence-electron chi connectivity index (χ4n) is 2.00. The molecule has 13 heavy (non-hydrogen) atoms. The first-order valence-corrected chi connectivity index (χ1v) is 5.63. The highest BCUT2D eigenvalue weighted by molar-refractivity contribution is 7.07. The molecule has 3 heteroatoms. The third-order valence-corrected chi connectivity index (χ3v) is 3.90. The topological polar surface area (TPSA) is 46.2 Å². The van der Waals surface area contributed by atoms with Crippen molar-refractivity contribution in [1.82, 2.24) is 0 Å². The maximum Gasteiger partial charge on any atom is 0.0866 e. The summed E-state index contributed by atoms with van der Waals surface area (Å²) in [7, 11) is 0. The van der Waals surface area contributed by atoms with E-state index in [2.05, 4.69) is 0 Å². The van der Waals surface area contributed by atoms with Crippen LogP contribution in [-0.4, -0.2) is 11.7 Å². The van der Waals surface area contributed by atoms with Gasteiger partial charge >= 0.3 is 0 Å². The Hall–Kier alpha value is -0.380. The molecule has 0 aromatic carbocycles. The van der Waals surface area contributed by atoms with Gasteiger partial charge in [-0.2, -0.15) is 11.3 Å². The van der Waals surface area contributed by atoms with E-state index in [0.29, 0.717) is 6.54 Å². The molecular formula is C10H15NOS. The Morgan fingerprint density at radius 2 is 2.38 bits per heavy atom. The summed E-state index contributed by atoms with van der Waals surface area (Å²) in [5, 5.41) is 14.1. The van der Waals surface area contributed by atoms with Crippen LogP contribution in [0.3, 0.4) is 0 Å². The van der Waals surface area contributed by atoms with Crippen LogP contribution >= 0.6 is 11.3 Å². The molecule has 0 aliphatic heterocycles. The highest BCUT2D eigenvalue weighted by Gasteiger charge is 2.42. The van der Waals surface area contributed by atoms with Crippen LogP contribution in [0, 0.1) is 5.41 Å². The molecule has 0 bridgehead atoms. The molecule has 0 radical (unpaired) electrons. The molecule has 1 unspecified atom stereocenters. The molecule has 1 aromatic heterocycles. The second-order valence-electron chi connectivity index (χ2n) is 3.88. The summed E-state index contributed by atoms with van der Waals surface area (Å²) in [4.78, 5) is 0. The van der Waals surface area contributed by atoms with Crippen LogP contribution in [0.5, 0.6) is 0 Å². The summed E-state index contributed by atoms with van der Waals surface area (Å²) >= 11 is 1.63. The summed E-state index contributed by atoms with van der Waals surface area (Å²) in [5.74, 6) is 0. The van der Waals surface area contributed by atoms with Gasteiger partial charge in [0.25, 0.3) is 0 Å². The lowest BCUT2D eigenvalue weighted by molar-refractivity contribution is -0.0294. The quantitative estimate of drug-likeness (QED) is 0.777. The van der Waals surface area contributed by atoms with Gasteiger partial charge in [0.1, 0.15) is 0 Å². The molecule has 0 saturated heterocycles. The fraction of sp³-hybridized carbons (Fsp3) is 0.600. The van der Waals surface area contributed by atoms with Gasteiger partial charge in [-0.3, -0.25) is 0 Å². The van der Waals surface area contributed by atoms with E-state index in [1.54, 1.807) is 11.3 Å². The van der Waals surface area contributed by atoms with E-state index in [1.165, 1.54) is 6.42 Å². The minimum atomic E-state index is -0.350. The molecule has 2 rings (SSSR count). The number of aliphatic hydroxyl groups is 1. The zero-order valence-electron chi connectivity index (χ0n) is 7.57. The maximum atomic E-state index is 10.1. The second kappa shape index (κ2) is 3.40. The monoisotopic (exact) mass is 197 g/mol. The molecule has 0 amide bonds. The Morgan fingerprint density at radius 3 is 2.77 bits per heavy atom. The lowest BCUT2D eigenvalue weighted by Gasteiger charge is -2.44. The first kappa shape index (κ1) is 9.19. The van der Waals surface area contributed by atoms with E-state index in [0.717, 1.165) is 18.4 Å². The Morgan fingerprint density at radius 1 is 1.62 bits per heavy atom. The van der Waals surface area contributed by atoms with Crippen LogP contribution in [0.2, 0.25) is 0 Å². The molecule has 2 nitrogen and oxygen atoms in total. The number of nitrogens with two attached hydrogens (primary N) is 1. The first-order chi connectivity index (χ1) is 6.28. The standard InChI is InChI=1S/C10H15NOS/c11-7-10(3-1-4-10)9(12)8-2-5-13-6-8/h2,5-6,9,12H,1,3-4,7,11H2. The lowest BCUT2D eigenvalue weighted by atomic mass is 9.64. The van der Waals surface area contributed by atoms with Gasteiger partial charge in [-0.05, 0) is 35.2 Å². The van der Waals surface area contributed by atoms with Crippen molar-refractivity contribution in [2.75, 3.05) is 6.54 Å². The largest absolute Gasteiger partial charge is 0.388 e. The number of hydrogen-bond acceptors (Lipinski definition) is 3. The molecule has 1 heterocycles. The number of aliphatic hydroxyl groups excluding tert-OH is 1. The van der Waals surface area contributed by atoms with Crippen molar-refractivity contribution in [1.29, 1.82) is 0 Å². The molecule has 72 valence electrons. The Labute approximate surface area is 82.4 Å². The van der Waals surface area contributed by atoms with Crippen molar-refractivity contribution in [2.45, 2.75) is 25.4 Å². The molecule has 1 aliphatic rings. The molecule has 1 saturated carbocycles. The normalized spacial score (nSPS) is 22.3. The van der Waals surface area contributed by atoms with Crippen molar-refractivity contribution in [3.8, 4) is 0 Å². The van der Waals surface area contributed by atoms with Gasteiger partial charge in [0, 0.05) is 12.0 Å². The minimum Gasteiger partial charge on any atom is -0.388 e. The predicted octanol–water partition coefficient (Wildman–Crippen LogP) is 1.91. The van der Waals surface area contributed by atoms with Crippen LogP contribution in [0.1, 0.15) is 30.9 Å². The number of thiophene rings is 1. The van der Waals surface area contributed by atoms with Crippen molar-refractivity contribution < 1.29 is 5.11 Å². The predicted molar refractivity (Wildman–Crippen MR) is 54.6 cm³/mol. The van der Waals surface area contributed by atoms with E-state index < -0.39 is 0 Å². The fourth-order valence-corrected chi connectivity index (χ4v) is 2.68. The van der Waals surface area contributed by atoms with Gasteiger partial charge in [0.2, 0.25) is 0 Å². The van der Waals surface area contributed by atoms with Crippen LogP contribution in [0.15, 0.2) is 16.8 Å². The molecule has 1 aromatic rings. The van der Waals surface area contributed by atoms with Crippen LogP contribution < -0.4 is 5.73 Å².